The van der Waals surface area contributed by atoms with Gasteiger partial charge in [0.1, 0.15) is 6.17 Å². The van der Waals surface area contributed by atoms with Crippen LogP contribution in [0.25, 0.3) is 0 Å². The quantitative estimate of drug-likeness (QED) is 0.588. The van der Waals surface area contributed by atoms with Gasteiger partial charge in [-0.3, -0.25) is 0 Å². The van der Waals surface area contributed by atoms with Crippen molar-refractivity contribution in [3.05, 3.63) is 0 Å². The Kier molecular flexibility index (Phi) is 1.44. The first-order chi connectivity index (χ1) is 4.81. The molecule has 10 heavy (non-hydrogen) atoms. The van der Waals surface area contributed by atoms with E-state index in [1.807, 2.05) is 0 Å². The van der Waals surface area contributed by atoms with Gasteiger partial charge in [-0.05, 0) is 43.6 Å². The van der Waals surface area contributed by atoms with E-state index < -0.39 is 6.17 Å². The van der Waals surface area contributed by atoms with Crippen LogP contribution in [0.2, 0.25) is 0 Å². The molecule has 0 amide bonds. The molecule has 0 radical (unpaired) electrons. The maximum absolute atomic E-state index is 13.0. The molecule has 0 heterocycles. The first kappa shape index (κ1) is 6.59. The van der Waals surface area contributed by atoms with Crippen molar-refractivity contribution in [2.24, 2.45) is 23.5 Å². The standard InChI is InChI=1S/C8H14FN/c9-8-3-7(4-10)5-1-6(8)2-5/h5-8H,1-4,10H2. The van der Waals surface area contributed by atoms with Crippen LogP contribution in [0, 0.1) is 17.8 Å². The van der Waals surface area contributed by atoms with E-state index in [4.69, 9.17) is 5.73 Å². The molecule has 3 aliphatic rings. The maximum Gasteiger partial charge on any atom is 0.103 e. The van der Waals surface area contributed by atoms with Crippen molar-refractivity contribution in [1.29, 1.82) is 0 Å². The molecule has 2 unspecified atom stereocenters. The fourth-order valence-corrected chi connectivity index (χ4v) is 2.35. The van der Waals surface area contributed by atoms with Gasteiger partial charge in [-0.25, -0.2) is 4.39 Å². The molecule has 2 bridgehead atoms. The molecule has 3 saturated carbocycles. The molecule has 0 aromatic heterocycles. The van der Waals surface area contributed by atoms with Crippen molar-refractivity contribution in [2.45, 2.75) is 25.4 Å². The molecule has 0 aromatic rings. The lowest BCUT2D eigenvalue weighted by Crippen LogP contribution is -2.46. The van der Waals surface area contributed by atoms with Crippen LogP contribution < -0.4 is 5.73 Å². The van der Waals surface area contributed by atoms with Crippen LogP contribution in [0.3, 0.4) is 0 Å². The summed E-state index contributed by atoms with van der Waals surface area (Å²) in [6, 6.07) is 0. The summed E-state index contributed by atoms with van der Waals surface area (Å²) >= 11 is 0. The van der Waals surface area contributed by atoms with Crippen molar-refractivity contribution in [3.8, 4) is 0 Å². The fraction of sp³-hybridized carbons (Fsp3) is 1.00. The summed E-state index contributed by atoms with van der Waals surface area (Å²) in [4.78, 5) is 0. The zero-order valence-electron chi connectivity index (χ0n) is 6.09. The smallest absolute Gasteiger partial charge is 0.103 e. The molecule has 2 heteroatoms. The molecule has 0 aromatic carbocycles. The van der Waals surface area contributed by atoms with Gasteiger partial charge in [-0.15, -0.1) is 0 Å². The highest BCUT2D eigenvalue weighted by atomic mass is 19.1. The van der Waals surface area contributed by atoms with E-state index in [1.54, 1.807) is 0 Å². The summed E-state index contributed by atoms with van der Waals surface area (Å²) in [5, 5.41) is 0. The highest BCUT2D eigenvalue weighted by Crippen LogP contribution is 2.49. The summed E-state index contributed by atoms with van der Waals surface area (Å²) in [5.41, 5.74) is 5.51. The first-order valence-electron chi connectivity index (χ1n) is 4.15. The normalized spacial score (nSPS) is 52.2. The Morgan fingerprint density at radius 1 is 1.20 bits per heavy atom. The van der Waals surface area contributed by atoms with Gasteiger partial charge in [-0.2, -0.15) is 0 Å². The van der Waals surface area contributed by atoms with Gasteiger partial charge in [0.05, 0.1) is 0 Å². The van der Waals surface area contributed by atoms with E-state index in [1.165, 1.54) is 0 Å². The lowest BCUT2D eigenvalue weighted by Gasteiger charge is -2.48. The topological polar surface area (TPSA) is 26.0 Å². The van der Waals surface area contributed by atoms with Gasteiger partial charge in [0.25, 0.3) is 0 Å². The molecular weight excluding hydrogens is 129 g/mol. The fourth-order valence-electron chi connectivity index (χ4n) is 2.35. The molecule has 0 spiro atoms. The number of halogens is 1. The Bertz CT molecular complexity index is 131. The minimum Gasteiger partial charge on any atom is -0.330 e. The highest BCUT2D eigenvalue weighted by Gasteiger charge is 2.45. The lowest BCUT2D eigenvalue weighted by molar-refractivity contribution is -0.0198. The van der Waals surface area contributed by atoms with E-state index in [0.29, 0.717) is 18.4 Å². The predicted molar refractivity (Wildman–Crippen MR) is 38.3 cm³/mol. The second-order valence-electron chi connectivity index (χ2n) is 3.74. The van der Waals surface area contributed by atoms with Crippen molar-refractivity contribution >= 4 is 0 Å². The van der Waals surface area contributed by atoms with Gasteiger partial charge in [0.15, 0.2) is 0 Å². The average Bonchev–Trinajstić information content (AvgIpc) is 1.84. The van der Waals surface area contributed by atoms with E-state index in [0.717, 1.165) is 25.2 Å². The summed E-state index contributed by atoms with van der Waals surface area (Å²) in [7, 11) is 0. The predicted octanol–water partition coefficient (Wildman–Crippen LogP) is 1.33. The van der Waals surface area contributed by atoms with Gasteiger partial charge < -0.3 is 5.73 Å². The van der Waals surface area contributed by atoms with Crippen LogP contribution >= 0.6 is 0 Å². The second kappa shape index (κ2) is 2.19. The molecule has 3 rings (SSSR count). The zero-order valence-corrected chi connectivity index (χ0v) is 6.09. The Labute approximate surface area is 60.8 Å². The van der Waals surface area contributed by atoms with Gasteiger partial charge >= 0.3 is 0 Å². The monoisotopic (exact) mass is 143 g/mol. The molecule has 2 N–H and O–H groups in total. The SMILES string of the molecule is NCC1CC(F)C2CC1C2. The molecule has 3 aliphatic carbocycles. The van der Waals surface area contributed by atoms with Gasteiger partial charge in [-0.1, -0.05) is 0 Å². The summed E-state index contributed by atoms with van der Waals surface area (Å²) in [5.74, 6) is 1.69. The number of alkyl halides is 1. The van der Waals surface area contributed by atoms with Crippen molar-refractivity contribution < 1.29 is 4.39 Å². The largest absolute Gasteiger partial charge is 0.330 e. The molecule has 58 valence electrons. The first-order valence-corrected chi connectivity index (χ1v) is 4.15. The lowest BCUT2D eigenvalue weighted by atomic mass is 9.59. The van der Waals surface area contributed by atoms with E-state index in [9.17, 15) is 4.39 Å². The molecular formula is C8H14FN. The Morgan fingerprint density at radius 3 is 2.30 bits per heavy atom. The van der Waals surface area contributed by atoms with Crippen LogP contribution in [-0.2, 0) is 0 Å². The summed E-state index contributed by atoms with van der Waals surface area (Å²) < 4.78 is 13.0. The minimum absolute atomic E-state index is 0.410. The molecule has 0 aliphatic heterocycles. The van der Waals surface area contributed by atoms with Crippen LogP contribution in [0.5, 0.6) is 0 Å². The van der Waals surface area contributed by atoms with Crippen molar-refractivity contribution in [1.82, 2.24) is 0 Å². The number of fused-ring (bicyclic) bond motifs is 2. The van der Waals surface area contributed by atoms with Crippen molar-refractivity contribution in [2.75, 3.05) is 6.54 Å². The Hall–Kier alpha value is -0.110. The van der Waals surface area contributed by atoms with Gasteiger partial charge in [0.2, 0.25) is 0 Å². The second-order valence-corrected chi connectivity index (χ2v) is 3.74. The van der Waals surface area contributed by atoms with Gasteiger partial charge in [0, 0.05) is 0 Å². The number of hydrogen-bond donors (Lipinski definition) is 1. The number of nitrogens with two attached hydrogens (primary N) is 1. The third-order valence-corrected chi connectivity index (χ3v) is 3.22. The van der Waals surface area contributed by atoms with Crippen LogP contribution in [0.4, 0.5) is 4.39 Å². The van der Waals surface area contributed by atoms with Crippen molar-refractivity contribution in [3.63, 3.8) is 0 Å². The van der Waals surface area contributed by atoms with Crippen LogP contribution in [0.1, 0.15) is 19.3 Å². The minimum atomic E-state index is -0.529. The summed E-state index contributed by atoms with van der Waals surface area (Å²) in [6.07, 6.45) is 2.44. The Balaban J connectivity index is 1.99. The Morgan fingerprint density at radius 2 is 1.90 bits per heavy atom. The molecule has 2 atom stereocenters. The zero-order chi connectivity index (χ0) is 7.14. The maximum atomic E-state index is 13.0. The van der Waals surface area contributed by atoms with E-state index in [-0.39, 0.29) is 0 Å². The molecule has 1 nitrogen and oxygen atoms in total. The third-order valence-electron chi connectivity index (χ3n) is 3.22. The highest BCUT2D eigenvalue weighted by molar-refractivity contribution is 4.95. The van der Waals surface area contributed by atoms with Crippen LogP contribution in [0.15, 0.2) is 0 Å². The van der Waals surface area contributed by atoms with Crippen LogP contribution in [-0.4, -0.2) is 12.7 Å². The summed E-state index contributed by atoms with van der Waals surface area (Å²) in [6.45, 7) is 0.692. The third kappa shape index (κ3) is 0.782. The average molecular weight is 143 g/mol. The molecule has 3 fully saturated rings. The number of hydrogen-bond acceptors (Lipinski definition) is 1. The number of rotatable bonds is 1. The van der Waals surface area contributed by atoms with E-state index >= 15 is 0 Å². The van der Waals surface area contributed by atoms with E-state index in [2.05, 4.69) is 0 Å². The molecule has 0 saturated heterocycles.